The van der Waals surface area contributed by atoms with Crippen LogP contribution in [0.2, 0.25) is 0 Å². The van der Waals surface area contributed by atoms with Gasteiger partial charge < -0.3 is 40.2 Å². The van der Waals surface area contributed by atoms with E-state index >= 15 is 0 Å². The molecular formula is C36H40N2O8. The monoisotopic (exact) mass is 628 g/mol. The van der Waals surface area contributed by atoms with E-state index in [1.165, 1.54) is 0 Å². The maximum Gasteiger partial charge on any atom is 0.211 e. The van der Waals surface area contributed by atoms with Crippen LogP contribution in [0.5, 0.6) is 0 Å². The molecule has 0 saturated heterocycles. The number of aliphatic hydroxyl groups excluding tert-OH is 3. The minimum absolute atomic E-state index is 0.0427. The van der Waals surface area contributed by atoms with Crippen molar-refractivity contribution in [1.29, 1.82) is 0 Å². The third-order valence-corrected chi connectivity index (χ3v) is 7.47. The van der Waals surface area contributed by atoms with E-state index in [1.54, 1.807) is 48.5 Å². The Labute approximate surface area is 268 Å². The molecule has 0 heterocycles. The lowest BCUT2D eigenvalue weighted by Crippen LogP contribution is -2.52. The highest BCUT2D eigenvalue weighted by molar-refractivity contribution is 5.71. The van der Waals surface area contributed by atoms with Crippen LogP contribution >= 0.6 is 0 Å². The van der Waals surface area contributed by atoms with Gasteiger partial charge >= 0.3 is 0 Å². The first-order valence-corrected chi connectivity index (χ1v) is 15.0. The molecule has 5 atom stereocenters. The molecule has 2 amide bonds. The summed E-state index contributed by atoms with van der Waals surface area (Å²) in [5, 5.41) is 38.4. The molecule has 10 nitrogen and oxygen atoms in total. The molecule has 4 rings (SSSR count). The Bertz CT molecular complexity index is 1440. The third-order valence-electron chi connectivity index (χ3n) is 7.47. The zero-order valence-corrected chi connectivity index (χ0v) is 25.4. The van der Waals surface area contributed by atoms with Gasteiger partial charge in [0.2, 0.25) is 12.8 Å². The van der Waals surface area contributed by atoms with E-state index in [0.717, 1.165) is 22.3 Å². The summed E-state index contributed by atoms with van der Waals surface area (Å²) in [6, 6.07) is 33.2. The van der Waals surface area contributed by atoms with Gasteiger partial charge in [-0.15, -0.1) is 0 Å². The quantitative estimate of drug-likeness (QED) is 0.0929. The van der Waals surface area contributed by atoms with Gasteiger partial charge in [0.15, 0.2) is 0 Å². The summed E-state index contributed by atoms with van der Waals surface area (Å²) in [5.74, 6) is 0. The normalized spacial score (nSPS) is 14.4. The first-order valence-electron chi connectivity index (χ1n) is 15.0. The highest BCUT2D eigenvalue weighted by atomic mass is 16.6. The Balaban J connectivity index is 1.55. The number of rotatable bonds is 20. The van der Waals surface area contributed by atoms with Crippen molar-refractivity contribution in [3.8, 4) is 0 Å². The van der Waals surface area contributed by atoms with Gasteiger partial charge in [0, 0.05) is 17.8 Å². The predicted molar refractivity (Wildman–Crippen MR) is 174 cm³/mol. The fourth-order valence-electron chi connectivity index (χ4n) is 4.92. The lowest BCUT2D eigenvalue weighted by molar-refractivity contribution is -0.184. The molecular weight excluding hydrogens is 588 g/mol. The van der Waals surface area contributed by atoms with E-state index in [4.69, 9.17) is 14.2 Å². The van der Waals surface area contributed by atoms with E-state index in [0.29, 0.717) is 30.6 Å². The predicted octanol–water partition coefficient (Wildman–Crippen LogP) is 3.84. The molecule has 0 saturated carbocycles. The van der Waals surface area contributed by atoms with Crippen molar-refractivity contribution in [2.75, 3.05) is 17.2 Å². The van der Waals surface area contributed by atoms with Crippen LogP contribution in [-0.2, 0) is 50.0 Å². The highest BCUT2D eigenvalue weighted by Gasteiger charge is 2.38. The Morgan fingerprint density at radius 3 is 1.46 bits per heavy atom. The minimum Gasteiger partial charge on any atom is -0.394 e. The number of amides is 2. The van der Waals surface area contributed by atoms with Gasteiger partial charge in [-0.25, -0.2) is 0 Å². The zero-order valence-electron chi connectivity index (χ0n) is 25.4. The van der Waals surface area contributed by atoms with Crippen molar-refractivity contribution in [2.24, 2.45) is 0 Å². The van der Waals surface area contributed by atoms with Crippen molar-refractivity contribution in [3.05, 3.63) is 131 Å². The van der Waals surface area contributed by atoms with Gasteiger partial charge in [-0.1, -0.05) is 84.9 Å². The third kappa shape index (κ3) is 10.6. The van der Waals surface area contributed by atoms with Crippen LogP contribution in [0.4, 0.5) is 11.4 Å². The van der Waals surface area contributed by atoms with Gasteiger partial charge in [0.25, 0.3) is 0 Å². The van der Waals surface area contributed by atoms with Crippen LogP contribution in [0.25, 0.3) is 0 Å². The van der Waals surface area contributed by atoms with Crippen molar-refractivity contribution in [3.63, 3.8) is 0 Å². The lowest BCUT2D eigenvalue weighted by atomic mass is 9.94. The number of carbonyl (C=O) groups is 2. The van der Waals surface area contributed by atoms with Crippen LogP contribution in [0, 0.1) is 0 Å². The smallest absolute Gasteiger partial charge is 0.211 e. The molecule has 242 valence electrons. The number of nitrogens with one attached hydrogen (secondary N) is 2. The van der Waals surface area contributed by atoms with Gasteiger partial charge in [-0.3, -0.25) is 9.59 Å². The first kappa shape index (κ1) is 34.5. The van der Waals surface area contributed by atoms with Crippen molar-refractivity contribution < 1.29 is 39.1 Å². The van der Waals surface area contributed by atoms with Gasteiger partial charge in [0.05, 0.1) is 32.5 Å². The van der Waals surface area contributed by atoms with Crippen molar-refractivity contribution in [1.82, 2.24) is 0 Å². The largest absolute Gasteiger partial charge is 0.394 e. The lowest BCUT2D eigenvalue weighted by Gasteiger charge is -2.35. The van der Waals surface area contributed by atoms with Crippen LogP contribution in [0.3, 0.4) is 0 Å². The minimum atomic E-state index is -1.54. The maximum absolute atomic E-state index is 11.7. The molecule has 0 aliphatic heterocycles. The second kappa shape index (κ2) is 18.5. The molecule has 4 aromatic rings. The van der Waals surface area contributed by atoms with Crippen LogP contribution in [-0.4, -0.2) is 65.3 Å². The van der Waals surface area contributed by atoms with Gasteiger partial charge in [0.1, 0.15) is 24.4 Å². The average Bonchev–Trinajstić information content (AvgIpc) is 3.09. The highest BCUT2D eigenvalue weighted by Crippen LogP contribution is 2.23. The topological polar surface area (TPSA) is 147 Å². The molecule has 0 aliphatic carbocycles. The molecule has 4 aromatic carbocycles. The number of anilines is 2. The van der Waals surface area contributed by atoms with Gasteiger partial charge in [-0.05, 0) is 46.5 Å². The molecule has 5 N–H and O–H groups in total. The number of hydrogen-bond acceptors (Lipinski definition) is 8. The molecule has 0 spiro atoms. The number of ether oxygens (including phenoxy) is 3. The molecule has 1 unspecified atom stereocenters. The second-order valence-electron chi connectivity index (χ2n) is 10.7. The molecule has 0 fully saturated rings. The number of benzene rings is 4. The molecule has 0 bridgehead atoms. The van der Waals surface area contributed by atoms with E-state index < -0.39 is 37.1 Å². The number of aliphatic hydroxyl groups is 3. The summed E-state index contributed by atoms with van der Waals surface area (Å²) in [4.78, 5) is 21.5. The summed E-state index contributed by atoms with van der Waals surface area (Å²) < 4.78 is 18.6. The van der Waals surface area contributed by atoms with E-state index in [2.05, 4.69) is 10.6 Å². The van der Waals surface area contributed by atoms with Crippen molar-refractivity contribution >= 4 is 24.2 Å². The fourth-order valence-corrected chi connectivity index (χ4v) is 4.92. The summed E-state index contributed by atoms with van der Waals surface area (Å²) in [7, 11) is 0. The van der Waals surface area contributed by atoms with Crippen LogP contribution in [0.15, 0.2) is 109 Å². The first-order chi connectivity index (χ1) is 22.5. The molecule has 0 aliphatic rings. The fraction of sp³-hybridized carbons (Fsp3) is 0.278. The summed E-state index contributed by atoms with van der Waals surface area (Å²) in [6.07, 6.45) is -4.40. The Hall–Kier alpha value is -4.42. The molecule has 0 radical (unpaired) electrons. The molecule has 0 aromatic heterocycles. The number of hydrogen-bond donors (Lipinski definition) is 5. The summed E-state index contributed by atoms with van der Waals surface area (Å²) >= 11 is 0. The van der Waals surface area contributed by atoms with Crippen LogP contribution < -0.4 is 10.6 Å². The second-order valence-corrected chi connectivity index (χ2v) is 10.7. The van der Waals surface area contributed by atoms with E-state index in [9.17, 15) is 24.9 Å². The number of carbonyl (C=O) groups excluding carboxylic acids is 2. The molecule has 46 heavy (non-hydrogen) atoms. The standard InChI is InChI=1S/C36H40N2O8/c39-20-33(45-22-28-11-15-30(16-12-28)37-24-40)34(42)35(43)36(46-23-29-13-17-31(18-14-29)38-25-41)32(19-26-7-3-1-4-8-26)44-21-27-9-5-2-6-10-27/h1-18,24-25,32-36,39,42-43H,19-23H2,(H,37,40)(H,38,41)/t32?,33-,34-,35+,36-/m1/s1. The zero-order chi connectivity index (χ0) is 32.6. The van der Waals surface area contributed by atoms with E-state index in [1.807, 2.05) is 60.7 Å². The van der Waals surface area contributed by atoms with Crippen molar-refractivity contribution in [2.45, 2.75) is 56.8 Å². The Morgan fingerprint density at radius 2 is 0.978 bits per heavy atom. The summed E-state index contributed by atoms with van der Waals surface area (Å²) in [6.45, 7) is -0.209. The maximum atomic E-state index is 11.7. The molecule has 10 heteroatoms. The SMILES string of the molecule is O=CNc1ccc(CO[C@H](C(Cc2ccccc2)OCc2ccccc2)[C@@H](O)[C@H](O)[C@@H](CO)OCc2ccc(NC=O)cc2)cc1. The Morgan fingerprint density at radius 1 is 0.543 bits per heavy atom. The Kier molecular flexibility index (Phi) is 13.9. The van der Waals surface area contributed by atoms with Crippen LogP contribution in [0.1, 0.15) is 22.3 Å². The summed E-state index contributed by atoms with van der Waals surface area (Å²) in [5.41, 5.74) is 4.62. The van der Waals surface area contributed by atoms with Gasteiger partial charge in [-0.2, -0.15) is 0 Å². The average molecular weight is 629 g/mol. The van der Waals surface area contributed by atoms with E-state index in [-0.39, 0.29) is 19.8 Å².